The highest BCUT2D eigenvalue weighted by Gasteiger charge is 2.44. The van der Waals surface area contributed by atoms with Crippen LogP contribution in [0.2, 0.25) is 0 Å². The predicted octanol–water partition coefficient (Wildman–Crippen LogP) is 1.25. The van der Waals surface area contributed by atoms with Crippen molar-refractivity contribution in [2.45, 2.75) is 47.9 Å². The van der Waals surface area contributed by atoms with Gasteiger partial charge in [0.1, 0.15) is 18.0 Å². The lowest BCUT2D eigenvalue weighted by Gasteiger charge is -2.39. The van der Waals surface area contributed by atoms with E-state index in [9.17, 15) is 25.5 Å². The molecule has 5 N–H and O–H groups in total. The number of para-hydroxylation sites is 1. The molecule has 0 aliphatic carbocycles. The van der Waals surface area contributed by atoms with Crippen LogP contribution in [-0.2, 0) is 6.42 Å². The van der Waals surface area contributed by atoms with Gasteiger partial charge in [0.15, 0.2) is 5.44 Å². The molecule has 1 aliphatic rings. The highest BCUT2D eigenvalue weighted by molar-refractivity contribution is 8.00. The second-order valence-corrected chi connectivity index (χ2v) is 8.24. The van der Waals surface area contributed by atoms with E-state index in [1.54, 1.807) is 24.3 Å². The Labute approximate surface area is 168 Å². The van der Waals surface area contributed by atoms with Gasteiger partial charge in [-0.25, -0.2) is 0 Å². The van der Waals surface area contributed by atoms with Crippen LogP contribution >= 0.6 is 11.8 Å². The van der Waals surface area contributed by atoms with Crippen LogP contribution in [0.1, 0.15) is 23.7 Å². The van der Waals surface area contributed by atoms with E-state index in [4.69, 9.17) is 4.74 Å². The summed E-state index contributed by atoms with van der Waals surface area (Å²) in [4.78, 5) is 0. The predicted molar refractivity (Wildman–Crippen MR) is 107 cm³/mol. The van der Waals surface area contributed by atoms with Gasteiger partial charge in [-0.1, -0.05) is 48.5 Å². The average molecular weight is 407 g/mol. The topological polar surface area (TPSA) is 110 Å². The summed E-state index contributed by atoms with van der Waals surface area (Å²) in [7, 11) is 0. The van der Waals surface area contributed by atoms with Crippen molar-refractivity contribution in [2.75, 3.05) is 6.61 Å². The monoisotopic (exact) mass is 406 g/mol. The third-order valence-corrected chi connectivity index (χ3v) is 6.34. The van der Waals surface area contributed by atoms with E-state index >= 15 is 0 Å². The third-order valence-electron chi connectivity index (χ3n) is 4.92. The molecule has 28 heavy (non-hydrogen) atoms. The Hall–Kier alpha value is -1.61. The fraction of sp³-hybridized carbons (Fsp3) is 0.429. The van der Waals surface area contributed by atoms with Gasteiger partial charge in [-0.2, -0.15) is 0 Å². The number of benzene rings is 2. The first-order valence-corrected chi connectivity index (χ1v) is 10.2. The lowest BCUT2D eigenvalue weighted by Crippen LogP contribution is -2.55. The first-order chi connectivity index (χ1) is 13.5. The van der Waals surface area contributed by atoms with Crippen molar-refractivity contribution >= 4 is 11.8 Å². The SMILES string of the molecule is OC[C@H]1S[C@@H](Oc2ccccc2C(O)CCc2ccccc2)[C@H](O)[C@@H](O)[C@@H]1O. The maximum atomic E-state index is 10.7. The molecule has 0 spiro atoms. The van der Waals surface area contributed by atoms with Crippen molar-refractivity contribution in [2.24, 2.45) is 0 Å². The van der Waals surface area contributed by atoms with Crippen molar-refractivity contribution in [3.63, 3.8) is 0 Å². The zero-order chi connectivity index (χ0) is 20.1. The summed E-state index contributed by atoms with van der Waals surface area (Å²) >= 11 is 1.06. The highest BCUT2D eigenvalue weighted by Crippen LogP contribution is 2.36. The molecule has 1 unspecified atom stereocenters. The molecule has 1 fully saturated rings. The Bertz CT molecular complexity index is 741. The summed E-state index contributed by atoms with van der Waals surface area (Å²) in [6.07, 6.45) is -3.53. The summed E-state index contributed by atoms with van der Waals surface area (Å²) < 4.78 is 5.89. The molecular weight excluding hydrogens is 380 g/mol. The minimum Gasteiger partial charge on any atom is -0.477 e. The van der Waals surface area contributed by atoms with Gasteiger partial charge in [-0.3, -0.25) is 0 Å². The number of ether oxygens (including phenoxy) is 1. The largest absolute Gasteiger partial charge is 0.477 e. The number of aryl methyl sites for hydroxylation is 1. The second kappa shape index (κ2) is 9.73. The van der Waals surface area contributed by atoms with E-state index < -0.39 is 35.1 Å². The summed E-state index contributed by atoms with van der Waals surface area (Å²) in [6.45, 7) is -0.350. The minimum absolute atomic E-state index is 0.350. The molecule has 152 valence electrons. The van der Waals surface area contributed by atoms with E-state index in [-0.39, 0.29) is 6.61 Å². The maximum absolute atomic E-state index is 10.7. The third kappa shape index (κ3) is 4.86. The van der Waals surface area contributed by atoms with E-state index in [0.717, 1.165) is 17.3 Å². The van der Waals surface area contributed by atoms with Crippen LogP contribution < -0.4 is 4.74 Å². The number of hydrogen-bond donors (Lipinski definition) is 5. The summed E-state index contributed by atoms with van der Waals surface area (Å²) in [5.41, 5.74) is 0.839. The van der Waals surface area contributed by atoms with Crippen LogP contribution in [-0.4, -0.2) is 61.1 Å². The molecule has 0 aromatic heterocycles. The number of thioether (sulfide) groups is 1. The number of aliphatic hydroxyl groups is 5. The Morgan fingerprint density at radius 1 is 0.893 bits per heavy atom. The number of rotatable bonds is 7. The fourth-order valence-corrected chi connectivity index (χ4v) is 4.49. The van der Waals surface area contributed by atoms with E-state index in [2.05, 4.69) is 0 Å². The quantitative estimate of drug-likeness (QED) is 0.471. The molecule has 0 saturated carbocycles. The molecule has 0 bridgehead atoms. The molecule has 1 heterocycles. The van der Waals surface area contributed by atoms with Gasteiger partial charge in [-0.05, 0) is 24.5 Å². The van der Waals surface area contributed by atoms with E-state index in [1.165, 1.54) is 0 Å². The molecular formula is C21H26O6S. The van der Waals surface area contributed by atoms with Gasteiger partial charge in [0.2, 0.25) is 0 Å². The Kier molecular flexibility index (Phi) is 7.34. The van der Waals surface area contributed by atoms with Gasteiger partial charge in [0.25, 0.3) is 0 Å². The fourth-order valence-electron chi connectivity index (χ4n) is 3.26. The van der Waals surface area contributed by atoms with Gasteiger partial charge in [0.05, 0.1) is 24.1 Å². The lowest BCUT2D eigenvalue weighted by molar-refractivity contribution is -0.0912. The van der Waals surface area contributed by atoms with Crippen LogP contribution in [0.4, 0.5) is 0 Å². The van der Waals surface area contributed by atoms with Crippen molar-refractivity contribution < 1.29 is 30.3 Å². The first kappa shape index (κ1) is 21.1. The summed E-state index contributed by atoms with van der Waals surface area (Å²) in [6, 6.07) is 16.9. The molecule has 1 saturated heterocycles. The van der Waals surface area contributed by atoms with Crippen LogP contribution in [0.15, 0.2) is 54.6 Å². The van der Waals surface area contributed by atoms with Crippen molar-refractivity contribution in [3.8, 4) is 5.75 Å². The van der Waals surface area contributed by atoms with Gasteiger partial charge in [-0.15, -0.1) is 11.8 Å². The van der Waals surface area contributed by atoms with Crippen LogP contribution in [0.5, 0.6) is 5.75 Å². The second-order valence-electron chi connectivity index (χ2n) is 6.89. The van der Waals surface area contributed by atoms with E-state index in [1.807, 2.05) is 30.3 Å². The minimum atomic E-state index is -1.42. The zero-order valence-corrected chi connectivity index (χ0v) is 16.2. The van der Waals surface area contributed by atoms with Crippen LogP contribution in [0.25, 0.3) is 0 Å². The van der Waals surface area contributed by atoms with E-state index in [0.29, 0.717) is 24.2 Å². The first-order valence-electron chi connectivity index (χ1n) is 9.29. The molecule has 7 heteroatoms. The smallest absolute Gasteiger partial charge is 0.173 e. The molecule has 3 rings (SSSR count). The van der Waals surface area contributed by atoms with Gasteiger partial charge >= 0.3 is 0 Å². The lowest BCUT2D eigenvalue weighted by atomic mass is 10.0. The number of aliphatic hydroxyl groups excluding tert-OH is 5. The molecule has 2 aromatic carbocycles. The Morgan fingerprint density at radius 2 is 1.57 bits per heavy atom. The molecule has 0 radical (unpaired) electrons. The van der Waals surface area contributed by atoms with Crippen LogP contribution in [0, 0.1) is 0 Å². The summed E-state index contributed by atoms with van der Waals surface area (Å²) in [5, 5.41) is 49.6. The highest BCUT2D eigenvalue weighted by atomic mass is 32.2. The zero-order valence-electron chi connectivity index (χ0n) is 15.3. The Balaban J connectivity index is 1.71. The summed E-state index contributed by atoms with van der Waals surface area (Å²) in [5.74, 6) is 0.403. The van der Waals surface area contributed by atoms with Gasteiger partial charge < -0.3 is 30.3 Å². The number of hydrogen-bond acceptors (Lipinski definition) is 7. The standard InChI is InChI=1S/C21H26O6S/c22-12-17-18(24)19(25)20(26)21(28-17)27-16-9-5-4-8-14(16)15(23)11-10-13-6-2-1-3-7-13/h1-9,15,17-26H,10-12H2/t15?,17-,18-,19+,20-,21-/m1/s1. The molecule has 6 atom stereocenters. The van der Waals surface area contributed by atoms with Gasteiger partial charge in [0, 0.05) is 5.56 Å². The van der Waals surface area contributed by atoms with Crippen molar-refractivity contribution in [1.29, 1.82) is 0 Å². The molecule has 6 nitrogen and oxygen atoms in total. The van der Waals surface area contributed by atoms with Crippen molar-refractivity contribution in [3.05, 3.63) is 65.7 Å². The molecule has 1 aliphatic heterocycles. The Morgan fingerprint density at radius 3 is 2.29 bits per heavy atom. The van der Waals surface area contributed by atoms with Crippen LogP contribution in [0.3, 0.4) is 0 Å². The molecule has 2 aromatic rings. The maximum Gasteiger partial charge on any atom is 0.173 e. The molecule has 0 amide bonds. The van der Waals surface area contributed by atoms with Crippen molar-refractivity contribution in [1.82, 2.24) is 0 Å². The normalized spacial score (nSPS) is 28.7. The average Bonchev–Trinajstić information content (AvgIpc) is 2.73.